The van der Waals surface area contributed by atoms with E-state index in [9.17, 15) is 9.90 Å². The Hall–Kier alpha value is -1.91. The molecule has 1 aliphatic rings. The van der Waals surface area contributed by atoms with Gasteiger partial charge in [0, 0.05) is 6.10 Å². The number of hydrogen-bond acceptors (Lipinski definition) is 2. The van der Waals surface area contributed by atoms with Gasteiger partial charge in [-0.25, -0.2) is 0 Å². The summed E-state index contributed by atoms with van der Waals surface area (Å²) < 4.78 is 7.35. The molecule has 3 nitrogen and oxygen atoms in total. The highest BCUT2D eigenvalue weighted by molar-refractivity contribution is 6.99. The van der Waals surface area contributed by atoms with Gasteiger partial charge in [0.15, 0.2) is 0 Å². The minimum Gasteiger partial charge on any atom is -0.481 e. The maximum absolute atomic E-state index is 11.6. The van der Waals surface area contributed by atoms with Crippen LogP contribution in [0.15, 0.2) is 60.7 Å². The van der Waals surface area contributed by atoms with E-state index < -0.39 is 19.7 Å². The highest BCUT2D eigenvalue weighted by atomic mass is 28.4. The lowest BCUT2D eigenvalue weighted by Crippen LogP contribution is -2.67. The van der Waals surface area contributed by atoms with Crippen LogP contribution >= 0.6 is 0 Å². The monoisotopic (exact) mass is 452 g/mol. The number of aliphatic carboxylic acids is 1. The van der Waals surface area contributed by atoms with Gasteiger partial charge >= 0.3 is 5.97 Å². The van der Waals surface area contributed by atoms with Crippen LogP contribution in [0.4, 0.5) is 0 Å². The predicted molar refractivity (Wildman–Crippen MR) is 135 cm³/mol. The van der Waals surface area contributed by atoms with E-state index in [1.165, 1.54) is 16.8 Å². The fourth-order valence-corrected chi connectivity index (χ4v) is 9.95. The summed E-state index contributed by atoms with van der Waals surface area (Å²) in [5.74, 6) is -0.168. The van der Waals surface area contributed by atoms with Gasteiger partial charge in [0.05, 0.1) is 5.41 Å². The lowest BCUT2D eigenvalue weighted by Gasteiger charge is -2.46. The van der Waals surface area contributed by atoms with E-state index in [1.807, 2.05) is 13.8 Å². The number of carboxylic acid groups (broad SMARTS) is 1. The van der Waals surface area contributed by atoms with Gasteiger partial charge < -0.3 is 9.53 Å². The smallest absolute Gasteiger partial charge is 0.309 e. The molecule has 1 saturated carbocycles. The van der Waals surface area contributed by atoms with Gasteiger partial charge in [-0.2, -0.15) is 0 Å². The first kappa shape index (κ1) is 24.7. The third-order valence-electron chi connectivity index (χ3n) is 7.25. The number of hydrogen-bond donors (Lipinski definition) is 1. The number of carbonyl (C=O) groups is 1. The third kappa shape index (κ3) is 5.35. The first-order valence-electron chi connectivity index (χ1n) is 12.1. The van der Waals surface area contributed by atoms with Crippen LogP contribution in [0, 0.1) is 11.3 Å². The summed E-state index contributed by atoms with van der Waals surface area (Å²) in [6, 6.07) is 21.7. The Morgan fingerprint density at radius 2 is 1.47 bits per heavy atom. The van der Waals surface area contributed by atoms with E-state index in [0.717, 1.165) is 32.1 Å². The molecule has 2 unspecified atom stereocenters. The average molecular weight is 453 g/mol. The summed E-state index contributed by atoms with van der Waals surface area (Å²) in [5.41, 5.74) is -0.661. The SMILES string of the molecule is CC(C)(CCC1CCCC(O[Si](c2ccccc2)(c2ccccc2)C(C)(C)C)C1)C(=O)O. The van der Waals surface area contributed by atoms with Crippen LogP contribution in [0.2, 0.25) is 5.04 Å². The Kier molecular flexibility index (Phi) is 7.67. The average Bonchev–Trinajstić information content (AvgIpc) is 2.77. The molecular weight excluding hydrogens is 412 g/mol. The van der Waals surface area contributed by atoms with Crippen LogP contribution in [0.3, 0.4) is 0 Å². The lowest BCUT2D eigenvalue weighted by atomic mass is 9.79. The third-order valence-corrected chi connectivity index (χ3v) is 12.3. The normalized spacial score (nSPS) is 20.2. The molecule has 0 saturated heterocycles. The molecule has 0 bridgehead atoms. The summed E-state index contributed by atoms with van der Waals surface area (Å²) >= 11 is 0. The Balaban J connectivity index is 1.89. The number of carboxylic acids is 1. The van der Waals surface area contributed by atoms with E-state index in [-0.39, 0.29) is 11.1 Å². The topological polar surface area (TPSA) is 46.5 Å². The van der Waals surface area contributed by atoms with E-state index in [2.05, 4.69) is 81.4 Å². The quantitative estimate of drug-likeness (QED) is 0.499. The van der Waals surface area contributed by atoms with Gasteiger partial charge in [0.25, 0.3) is 8.32 Å². The Bertz CT molecular complexity index is 831. The van der Waals surface area contributed by atoms with Crippen molar-refractivity contribution < 1.29 is 14.3 Å². The molecule has 174 valence electrons. The van der Waals surface area contributed by atoms with Crippen LogP contribution in [0.1, 0.15) is 73.1 Å². The van der Waals surface area contributed by atoms with Crippen molar-refractivity contribution in [3.05, 3.63) is 60.7 Å². The Morgan fingerprint density at radius 3 is 1.94 bits per heavy atom. The molecular formula is C28H40O3Si. The molecule has 4 heteroatoms. The number of rotatable bonds is 8. The minimum atomic E-state index is -2.54. The van der Waals surface area contributed by atoms with E-state index >= 15 is 0 Å². The molecule has 0 radical (unpaired) electrons. The van der Waals surface area contributed by atoms with Gasteiger partial charge in [-0.3, -0.25) is 4.79 Å². The molecule has 3 rings (SSSR count). The molecule has 2 atom stereocenters. The highest BCUT2D eigenvalue weighted by Gasteiger charge is 2.51. The Labute approximate surface area is 195 Å². The van der Waals surface area contributed by atoms with Crippen molar-refractivity contribution in [2.24, 2.45) is 11.3 Å². The standard InChI is InChI=1S/C28H40O3Si/c1-27(2,3)32(24-15-8-6-9-16-24,25-17-10-7-11-18-25)31-23-14-12-13-22(21-23)19-20-28(4,5)26(29)30/h6-11,15-18,22-23H,12-14,19-21H2,1-5H3,(H,29,30). The minimum absolute atomic E-state index is 0.0199. The van der Waals surface area contributed by atoms with Crippen molar-refractivity contribution in [3.63, 3.8) is 0 Å². The summed E-state index contributed by atoms with van der Waals surface area (Å²) in [4.78, 5) is 11.6. The molecule has 1 fully saturated rings. The second kappa shape index (κ2) is 9.92. The lowest BCUT2D eigenvalue weighted by molar-refractivity contribution is -0.147. The second-order valence-corrected chi connectivity index (χ2v) is 15.4. The zero-order valence-electron chi connectivity index (χ0n) is 20.4. The van der Waals surface area contributed by atoms with E-state index in [1.54, 1.807) is 0 Å². The highest BCUT2D eigenvalue weighted by Crippen LogP contribution is 2.41. The van der Waals surface area contributed by atoms with Crippen LogP contribution in [-0.4, -0.2) is 25.5 Å². The molecule has 1 aliphatic carbocycles. The summed E-state index contributed by atoms with van der Waals surface area (Å²) in [7, 11) is -2.54. The van der Waals surface area contributed by atoms with E-state index in [4.69, 9.17) is 4.43 Å². The predicted octanol–water partition coefficient (Wildman–Crippen LogP) is 6.01. The van der Waals surface area contributed by atoms with Crippen molar-refractivity contribution in [1.29, 1.82) is 0 Å². The fourth-order valence-electron chi connectivity index (χ4n) is 5.22. The van der Waals surface area contributed by atoms with Gasteiger partial charge in [-0.1, -0.05) is 94.3 Å². The van der Waals surface area contributed by atoms with Gasteiger partial charge in [-0.05, 0) is 60.9 Å². The first-order chi connectivity index (χ1) is 15.1. The molecule has 1 N–H and O–H groups in total. The van der Waals surface area contributed by atoms with Crippen LogP contribution in [-0.2, 0) is 9.22 Å². The van der Waals surface area contributed by atoms with Crippen molar-refractivity contribution in [1.82, 2.24) is 0 Å². The maximum Gasteiger partial charge on any atom is 0.309 e. The fraction of sp³-hybridized carbons (Fsp3) is 0.536. The van der Waals surface area contributed by atoms with Gasteiger partial charge in [0.1, 0.15) is 0 Å². The van der Waals surface area contributed by atoms with Gasteiger partial charge in [-0.15, -0.1) is 0 Å². The zero-order chi connectivity index (χ0) is 23.4. The largest absolute Gasteiger partial charge is 0.481 e. The molecule has 0 spiro atoms. The van der Waals surface area contributed by atoms with Crippen molar-refractivity contribution in [3.8, 4) is 0 Å². The molecule has 2 aromatic carbocycles. The Morgan fingerprint density at radius 1 is 0.938 bits per heavy atom. The maximum atomic E-state index is 11.6. The summed E-state index contributed by atoms with van der Waals surface area (Å²) in [6.45, 7) is 10.7. The van der Waals surface area contributed by atoms with Crippen LogP contribution in [0.5, 0.6) is 0 Å². The molecule has 2 aromatic rings. The zero-order valence-corrected chi connectivity index (χ0v) is 21.4. The van der Waals surface area contributed by atoms with Crippen molar-refractivity contribution in [2.75, 3.05) is 0 Å². The summed E-state index contributed by atoms with van der Waals surface area (Å²) in [5, 5.41) is 12.1. The summed E-state index contributed by atoms with van der Waals surface area (Å²) in [6.07, 6.45) is 6.34. The first-order valence-corrected chi connectivity index (χ1v) is 14.0. The number of benzene rings is 2. The van der Waals surface area contributed by atoms with Crippen molar-refractivity contribution in [2.45, 2.75) is 84.3 Å². The van der Waals surface area contributed by atoms with Crippen LogP contribution in [0.25, 0.3) is 0 Å². The van der Waals surface area contributed by atoms with E-state index in [0.29, 0.717) is 5.92 Å². The molecule has 0 heterocycles. The van der Waals surface area contributed by atoms with Crippen LogP contribution < -0.4 is 10.4 Å². The molecule has 32 heavy (non-hydrogen) atoms. The molecule has 0 aromatic heterocycles. The van der Waals surface area contributed by atoms with Crippen molar-refractivity contribution >= 4 is 24.7 Å². The second-order valence-electron chi connectivity index (χ2n) is 11.2. The molecule has 0 aliphatic heterocycles. The molecule has 0 amide bonds. The van der Waals surface area contributed by atoms with Gasteiger partial charge in [0.2, 0.25) is 0 Å².